The monoisotopic (exact) mass is 404 g/mol. The number of guanidine groups is 1. The topological polar surface area (TPSA) is 73.8 Å². The van der Waals surface area contributed by atoms with E-state index in [1.807, 2.05) is 31.7 Å². The number of hydrogen-bond donors (Lipinski definition) is 2. The molecule has 0 radical (unpaired) electrons. The van der Waals surface area contributed by atoms with Gasteiger partial charge in [0.15, 0.2) is 5.96 Å². The summed E-state index contributed by atoms with van der Waals surface area (Å²) in [6, 6.07) is 3.46. The highest BCUT2D eigenvalue weighted by Gasteiger charge is 2.21. The number of thiophene rings is 1. The predicted molar refractivity (Wildman–Crippen MR) is 108 cm³/mol. The van der Waals surface area contributed by atoms with Crippen LogP contribution in [0.25, 0.3) is 0 Å². The lowest BCUT2D eigenvalue weighted by Crippen LogP contribution is -2.48. The van der Waals surface area contributed by atoms with Gasteiger partial charge in [-0.1, -0.05) is 6.92 Å². The molecule has 0 saturated carbocycles. The highest BCUT2D eigenvalue weighted by molar-refractivity contribution is 8.00. The average Bonchev–Trinajstić information content (AvgIpc) is 3.05. The standard InChI is InChI=1S/C16H28N4O2S3/c1-4-14-12-20(10-11-23-14)16(17-5-2)18-8-9-19-25(21,22)15-7-6-13(3)24-15/h6-7,14,19H,4-5,8-12H2,1-3H3,(H,17,18). The zero-order valence-corrected chi connectivity index (χ0v) is 17.6. The van der Waals surface area contributed by atoms with Crippen LogP contribution in [-0.4, -0.2) is 63.0 Å². The lowest BCUT2D eigenvalue weighted by atomic mass is 10.3. The maximum absolute atomic E-state index is 12.2. The van der Waals surface area contributed by atoms with E-state index in [9.17, 15) is 8.42 Å². The van der Waals surface area contributed by atoms with Crippen molar-refractivity contribution >= 4 is 39.1 Å². The van der Waals surface area contributed by atoms with Crippen molar-refractivity contribution in [2.75, 3.05) is 38.5 Å². The van der Waals surface area contributed by atoms with Gasteiger partial charge in [-0.25, -0.2) is 13.1 Å². The summed E-state index contributed by atoms with van der Waals surface area (Å²) < 4.78 is 27.4. The number of aliphatic imine (C=N–C) groups is 1. The van der Waals surface area contributed by atoms with Gasteiger partial charge in [-0.3, -0.25) is 4.99 Å². The first kappa shape index (κ1) is 20.5. The van der Waals surface area contributed by atoms with Crippen LogP contribution in [0.2, 0.25) is 0 Å². The molecule has 0 aliphatic carbocycles. The molecule has 6 nitrogen and oxygen atoms in total. The molecule has 142 valence electrons. The van der Waals surface area contributed by atoms with E-state index in [0.29, 0.717) is 22.5 Å². The number of thioether (sulfide) groups is 1. The van der Waals surface area contributed by atoms with Crippen molar-refractivity contribution in [2.24, 2.45) is 4.99 Å². The molecule has 1 fully saturated rings. The third-order valence-corrected chi connectivity index (χ3v) is 8.20. The summed E-state index contributed by atoms with van der Waals surface area (Å²) in [4.78, 5) is 7.88. The molecule has 2 heterocycles. The maximum Gasteiger partial charge on any atom is 0.250 e. The van der Waals surface area contributed by atoms with Gasteiger partial charge in [0.2, 0.25) is 10.0 Å². The summed E-state index contributed by atoms with van der Waals surface area (Å²) in [5, 5.41) is 3.96. The molecular weight excluding hydrogens is 376 g/mol. The van der Waals surface area contributed by atoms with Crippen molar-refractivity contribution < 1.29 is 8.42 Å². The number of aryl methyl sites for hydroxylation is 1. The van der Waals surface area contributed by atoms with Gasteiger partial charge < -0.3 is 10.2 Å². The summed E-state index contributed by atoms with van der Waals surface area (Å²) in [5.41, 5.74) is 0. The van der Waals surface area contributed by atoms with Crippen LogP contribution in [0.5, 0.6) is 0 Å². The molecule has 1 aliphatic rings. The molecule has 2 rings (SSSR count). The minimum Gasteiger partial charge on any atom is -0.357 e. The Hall–Kier alpha value is -0.770. The van der Waals surface area contributed by atoms with Gasteiger partial charge in [-0.2, -0.15) is 11.8 Å². The summed E-state index contributed by atoms with van der Waals surface area (Å²) in [6.45, 7) is 9.66. The van der Waals surface area contributed by atoms with Crippen LogP contribution in [0.15, 0.2) is 21.3 Å². The Kier molecular flexibility index (Phi) is 8.05. The first-order chi connectivity index (χ1) is 12.0. The Bertz CT molecular complexity index is 673. The van der Waals surface area contributed by atoms with Crippen LogP contribution in [0.4, 0.5) is 0 Å². The van der Waals surface area contributed by atoms with Crippen molar-refractivity contribution in [1.82, 2.24) is 14.9 Å². The van der Waals surface area contributed by atoms with E-state index in [-0.39, 0.29) is 0 Å². The highest BCUT2D eigenvalue weighted by atomic mass is 32.2. The Morgan fingerprint density at radius 3 is 2.84 bits per heavy atom. The summed E-state index contributed by atoms with van der Waals surface area (Å²) in [5.74, 6) is 1.99. The SMILES string of the molecule is CCNC(=NCCNS(=O)(=O)c1ccc(C)s1)N1CCSC(CC)C1. The van der Waals surface area contributed by atoms with Crippen LogP contribution in [0.1, 0.15) is 25.1 Å². The van der Waals surface area contributed by atoms with Gasteiger partial charge in [0.1, 0.15) is 4.21 Å². The van der Waals surface area contributed by atoms with E-state index in [2.05, 4.69) is 26.9 Å². The second kappa shape index (κ2) is 9.80. The number of nitrogens with one attached hydrogen (secondary N) is 2. The molecule has 25 heavy (non-hydrogen) atoms. The van der Waals surface area contributed by atoms with Gasteiger partial charge in [-0.05, 0) is 32.4 Å². The molecule has 0 amide bonds. The second-order valence-electron chi connectivity index (χ2n) is 5.85. The Morgan fingerprint density at radius 1 is 1.40 bits per heavy atom. The number of rotatable bonds is 7. The molecule has 1 aromatic heterocycles. The Labute approximate surface area is 159 Å². The van der Waals surface area contributed by atoms with E-state index in [4.69, 9.17) is 0 Å². The molecule has 9 heteroatoms. The molecule has 2 N–H and O–H groups in total. The van der Waals surface area contributed by atoms with E-state index >= 15 is 0 Å². The normalized spacial score (nSPS) is 19.2. The minimum absolute atomic E-state index is 0.300. The van der Waals surface area contributed by atoms with Crippen molar-refractivity contribution in [3.05, 3.63) is 17.0 Å². The van der Waals surface area contributed by atoms with E-state index in [0.717, 1.165) is 42.6 Å². The number of sulfonamides is 1. The molecule has 1 aromatic rings. The van der Waals surface area contributed by atoms with Crippen molar-refractivity contribution in [2.45, 2.75) is 36.7 Å². The molecule has 0 spiro atoms. The van der Waals surface area contributed by atoms with Crippen molar-refractivity contribution in [3.8, 4) is 0 Å². The quantitative estimate of drug-likeness (QED) is 0.414. The van der Waals surface area contributed by atoms with E-state index < -0.39 is 10.0 Å². The number of nitrogens with zero attached hydrogens (tertiary/aromatic N) is 2. The summed E-state index contributed by atoms with van der Waals surface area (Å²) >= 11 is 3.30. The zero-order chi connectivity index (χ0) is 18.3. The largest absolute Gasteiger partial charge is 0.357 e. The Balaban J connectivity index is 1.90. The van der Waals surface area contributed by atoms with Crippen molar-refractivity contribution in [3.63, 3.8) is 0 Å². The van der Waals surface area contributed by atoms with Gasteiger partial charge >= 0.3 is 0 Å². The van der Waals surface area contributed by atoms with Gasteiger partial charge in [0, 0.05) is 42.1 Å². The summed E-state index contributed by atoms with van der Waals surface area (Å²) in [6.07, 6.45) is 1.15. The van der Waals surface area contributed by atoms with E-state index in [1.165, 1.54) is 11.3 Å². The van der Waals surface area contributed by atoms with Crippen molar-refractivity contribution in [1.29, 1.82) is 0 Å². The zero-order valence-electron chi connectivity index (χ0n) is 15.1. The van der Waals surface area contributed by atoms with Crippen LogP contribution < -0.4 is 10.0 Å². The molecular formula is C16H28N4O2S3. The third kappa shape index (κ3) is 6.16. The molecule has 0 bridgehead atoms. The molecule has 1 unspecified atom stereocenters. The van der Waals surface area contributed by atoms with Crippen LogP contribution >= 0.6 is 23.1 Å². The van der Waals surface area contributed by atoms with Crippen LogP contribution in [0, 0.1) is 6.92 Å². The van der Waals surface area contributed by atoms with Gasteiger partial charge in [0.05, 0.1) is 6.54 Å². The van der Waals surface area contributed by atoms with Gasteiger partial charge in [0.25, 0.3) is 0 Å². The fourth-order valence-corrected chi connectivity index (χ4v) is 6.08. The first-order valence-corrected chi connectivity index (χ1v) is 12.0. The lowest BCUT2D eigenvalue weighted by molar-refractivity contribution is 0.408. The molecule has 1 saturated heterocycles. The minimum atomic E-state index is -3.43. The molecule has 0 aromatic carbocycles. The molecule has 1 aliphatic heterocycles. The van der Waals surface area contributed by atoms with Crippen LogP contribution in [-0.2, 0) is 10.0 Å². The highest BCUT2D eigenvalue weighted by Crippen LogP contribution is 2.21. The number of hydrogen-bond acceptors (Lipinski definition) is 5. The fourth-order valence-electron chi connectivity index (χ4n) is 2.55. The predicted octanol–water partition coefficient (Wildman–Crippen LogP) is 2.13. The van der Waals surface area contributed by atoms with Crippen LogP contribution in [0.3, 0.4) is 0 Å². The smallest absolute Gasteiger partial charge is 0.250 e. The second-order valence-corrected chi connectivity index (χ2v) is 10.5. The maximum atomic E-state index is 12.2. The average molecular weight is 405 g/mol. The van der Waals surface area contributed by atoms with E-state index in [1.54, 1.807) is 6.07 Å². The van der Waals surface area contributed by atoms with Gasteiger partial charge in [-0.15, -0.1) is 11.3 Å². The third-order valence-electron chi connectivity index (χ3n) is 3.87. The first-order valence-electron chi connectivity index (χ1n) is 8.67. The molecule has 1 atom stereocenters. The fraction of sp³-hybridized carbons (Fsp3) is 0.688. The Morgan fingerprint density at radius 2 is 2.20 bits per heavy atom. The summed E-state index contributed by atoms with van der Waals surface area (Å²) in [7, 11) is -3.43. The lowest BCUT2D eigenvalue weighted by Gasteiger charge is -2.34.